The fourth-order valence-electron chi connectivity index (χ4n) is 1.57. The summed E-state index contributed by atoms with van der Waals surface area (Å²) in [5.41, 5.74) is 0. The summed E-state index contributed by atoms with van der Waals surface area (Å²) in [6, 6.07) is 0.343. The van der Waals surface area contributed by atoms with E-state index >= 15 is 0 Å². The number of aryl methyl sites for hydroxylation is 1. The van der Waals surface area contributed by atoms with E-state index in [9.17, 15) is 0 Å². The molecule has 0 radical (unpaired) electrons. The molecule has 0 bridgehead atoms. The van der Waals surface area contributed by atoms with Crippen LogP contribution in [-0.4, -0.2) is 21.3 Å². The van der Waals surface area contributed by atoms with Gasteiger partial charge < -0.3 is 5.32 Å². The van der Waals surface area contributed by atoms with Crippen molar-refractivity contribution >= 4 is 11.6 Å². The van der Waals surface area contributed by atoms with Crippen LogP contribution in [0.5, 0.6) is 0 Å². The molecule has 0 spiro atoms. The number of nitrogens with zero attached hydrogens (tertiary/aromatic N) is 3. The number of hydrogen-bond acceptors (Lipinski definition) is 3. The zero-order chi connectivity index (χ0) is 8.55. The number of hydrogen-bond donors (Lipinski definition) is 1. The molecule has 1 N–H and O–H groups in total. The van der Waals surface area contributed by atoms with Gasteiger partial charge in [0.15, 0.2) is 0 Å². The van der Waals surface area contributed by atoms with Crippen LogP contribution in [0.1, 0.15) is 24.7 Å². The fourth-order valence-corrected chi connectivity index (χ4v) is 1.77. The van der Waals surface area contributed by atoms with Crippen molar-refractivity contribution in [3.8, 4) is 0 Å². The highest BCUT2D eigenvalue weighted by Crippen LogP contribution is 2.21. The number of halogens is 1. The quantitative estimate of drug-likeness (QED) is 0.709. The summed E-state index contributed by atoms with van der Waals surface area (Å²) in [7, 11) is 1.87. The molecule has 2 heterocycles. The van der Waals surface area contributed by atoms with Crippen LogP contribution in [0.4, 0.5) is 0 Å². The normalized spacial score (nSPS) is 23.3. The van der Waals surface area contributed by atoms with Crippen LogP contribution in [-0.2, 0) is 7.05 Å². The van der Waals surface area contributed by atoms with Crippen LogP contribution in [0.15, 0.2) is 0 Å². The lowest BCUT2D eigenvalue weighted by Gasteiger charge is -2.07. The molecule has 1 saturated heterocycles. The second kappa shape index (κ2) is 3.03. The van der Waals surface area contributed by atoms with Gasteiger partial charge in [0, 0.05) is 7.05 Å². The Morgan fingerprint density at radius 2 is 2.50 bits per heavy atom. The molecule has 0 aliphatic carbocycles. The van der Waals surface area contributed by atoms with Crippen molar-refractivity contribution in [2.75, 3.05) is 6.54 Å². The van der Waals surface area contributed by atoms with E-state index in [0.717, 1.165) is 18.8 Å². The molecule has 12 heavy (non-hydrogen) atoms. The standard InChI is InChI=1S/C7H11ClN4/c1-12-6(10-7(8)11-12)5-3-2-4-9-5/h5,9H,2-4H2,1H3/t5-/m0/s1. The predicted molar refractivity (Wildman–Crippen MR) is 46.0 cm³/mol. The third-order valence-electron chi connectivity index (χ3n) is 2.14. The van der Waals surface area contributed by atoms with Gasteiger partial charge >= 0.3 is 0 Å². The van der Waals surface area contributed by atoms with Crippen molar-refractivity contribution in [3.05, 3.63) is 11.1 Å². The van der Waals surface area contributed by atoms with Crippen LogP contribution in [0.25, 0.3) is 0 Å². The number of aromatic nitrogens is 3. The SMILES string of the molecule is Cn1nc(Cl)nc1[C@@H]1CCCN1. The Morgan fingerprint density at radius 3 is 3.00 bits per heavy atom. The van der Waals surface area contributed by atoms with Gasteiger partial charge in [0.05, 0.1) is 6.04 Å². The Balaban J connectivity index is 2.25. The third-order valence-corrected chi connectivity index (χ3v) is 2.30. The molecule has 0 aromatic carbocycles. The van der Waals surface area contributed by atoms with E-state index in [1.165, 1.54) is 6.42 Å². The molecule has 5 heteroatoms. The van der Waals surface area contributed by atoms with Gasteiger partial charge in [-0.2, -0.15) is 0 Å². The van der Waals surface area contributed by atoms with Gasteiger partial charge in [0.1, 0.15) is 5.82 Å². The lowest BCUT2D eigenvalue weighted by atomic mass is 10.2. The second-order valence-corrected chi connectivity index (χ2v) is 3.35. The Labute approximate surface area is 75.9 Å². The van der Waals surface area contributed by atoms with E-state index in [-0.39, 0.29) is 0 Å². The van der Waals surface area contributed by atoms with E-state index in [2.05, 4.69) is 15.4 Å². The topological polar surface area (TPSA) is 42.7 Å². The summed E-state index contributed by atoms with van der Waals surface area (Å²) in [6.07, 6.45) is 2.33. The number of rotatable bonds is 1. The molecule has 0 amide bonds. The highest BCUT2D eigenvalue weighted by Gasteiger charge is 2.21. The average molecular weight is 187 g/mol. The van der Waals surface area contributed by atoms with Crippen LogP contribution in [0, 0.1) is 0 Å². The van der Waals surface area contributed by atoms with Crippen LogP contribution < -0.4 is 5.32 Å². The van der Waals surface area contributed by atoms with Crippen molar-refractivity contribution in [3.63, 3.8) is 0 Å². The highest BCUT2D eigenvalue weighted by atomic mass is 35.5. The minimum atomic E-state index is 0.334. The average Bonchev–Trinajstić information content (AvgIpc) is 2.58. The molecule has 1 aromatic rings. The summed E-state index contributed by atoms with van der Waals surface area (Å²) in [4.78, 5) is 4.15. The monoisotopic (exact) mass is 186 g/mol. The summed E-state index contributed by atoms with van der Waals surface area (Å²) in [6.45, 7) is 1.06. The minimum Gasteiger partial charge on any atom is -0.307 e. The first-order valence-electron chi connectivity index (χ1n) is 4.07. The maximum atomic E-state index is 5.67. The fraction of sp³-hybridized carbons (Fsp3) is 0.714. The van der Waals surface area contributed by atoms with Gasteiger partial charge in [-0.15, -0.1) is 5.10 Å². The largest absolute Gasteiger partial charge is 0.307 e. The number of nitrogens with one attached hydrogen (secondary N) is 1. The molecule has 0 saturated carbocycles. The van der Waals surface area contributed by atoms with Crippen LogP contribution >= 0.6 is 11.6 Å². The molecule has 1 aromatic heterocycles. The third kappa shape index (κ3) is 1.32. The molecule has 1 aliphatic rings. The van der Waals surface area contributed by atoms with Crippen molar-refractivity contribution in [2.24, 2.45) is 7.05 Å². The van der Waals surface area contributed by atoms with Crippen molar-refractivity contribution < 1.29 is 0 Å². The maximum absolute atomic E-state index is 5.67. The van der Waals surface area contributed by atoms with Gasteiger partial charge in [-0.05, 0) is 31.0 Å². The first-order valence-corrected chi connectivity index (χ1v) is 4.45. The second-order valence-electron chi connectivity index (χ2n) is 3.01. The molecule has 1 aliphatic heterocycles. The maximum Gasteiger partial charge on any atom is 0.242 e. The molecule has 1 fully saturated rings. The molecule has 4 nitrogen and oxygen atoms in total. The van der Waals surface area contributed by atoms with E-state index in [0.29, 0.717) is 11.3 Å². The molecule has 66 valence electrons. The first kappa shape index (κ1) is 8.01. The van der Waals surface area contributed by atoms with E-state index in [1.54, 1.807) is 4.68 Å². The molecule has 2 rings (SSSR count). The smallest absolute Gasteiger partial charge is 0.242 e. The van der Waals surface area contributed by atoms with Gasteiger partial charge in [0.25, 0.3) is 0 Å². The lowest BCUT2D eigenvalue weighted by molar-refractivity contribution is 0.559. The van der Waals surface area contributed by atoms with Gasteiger partial charge in [-0.1, -0.05) is 0 Å². The lowest BCUT2D eigenvalue weighted by Crippen LogP contribution is -2.17. The van der Waals surface area contributed by atoms with Crippen LogP contribution in [0.3, 0.4) is 0 Å². The zero-order valence-corrected chi connectivity index (χ0v) is 7.67. The summed E-state index contributed by atoms with van der Waals surface area (Å²) < 4.78 is 1.74. The van der Waals surface area contributed by atoms with Crippen LogP contribution in [0.2, 0.25) is 5.28 Å². The highest BCUT2D eigenvalue weighted by molar-refractivity contribution is 6.28. The molecule has 1 atom stereocenters. The van der Waals surface area contributed by atoms with Crippen molar-refractivity contribution in [1.29, 1.82) is 0 Å². The van der Waals surface area contributed by atoms with Crippen molar-refractivity contribution in [1.82, 2.24) is 20.1 Å². The summed E-state index contributed by atoms with van der Waals surface area (Å²) in [5.74, 6) is 0.942. The van der Waals surface area contributed by atoms with Gasteiger partial charge in [-0.25, -0.2) is 4.98 Å². The van der Waals surface area contributed by atoms with E-state index < -0.39 is 0 Å². The Morgan fingerprint density at radius 1 is 1.67 bits per heavy atom. The Hall–Kier alpha value is -0.610. The summed E-state index contributed by atoms with van der Waals surface area (Å²) >= 11 is 5.67. The van der Waals surface area contributed by atoms with E-state index in [1.807, 2.05) is 7.05 Å². The molecular weight excluding hydrogens is 176 g/mol. The Bertz CT molecular complexity index is 277. The predicted octanol–water partition coefficient (Wildman–Crippen LogP) is 0.893. The molecule has 0 unspecified atom stereocenters. The zero-order valence-electron chi connectivity index (χ0n) is 6.92. The minimum absolute atomic E-state index is 0.334. The Kier molecular flexibility index (Phi) is 2.02. The summed E-state index contributed by atoms with van der Waals surface area (Å²) in [5, 5.41) is 7.67. The van der Waals surface area contributed by atoms with Gasteiger partial charge in [0.2, 0.25) is 5.28 Å². The van der Waals surface area contributed by atoms with Gasteiger partial charge in [-0.3, -0.25) is 4.68 Å². The first-order chi connectivity index (χ1) is 5.77. The van der Waals surface area contributed by atoms with Crippen molar-refractivity contribution in [2.45, 2.75) is 18.9 Å². The van der Waals surface area contributed by atoms with E-state index in [4.69, 9.17) is 11.6 Å². The molecular formula is C7H11ClN4.